The molecule has 150 valence electrons. The molecular formula is C19H31N5O3. The zero-order valence-electron chi connectivity index (χ0n) is 16.4. The van der Waals surface area contributed by atoms with Crippen LogP contribution in [0.15, 0.2) is 12.5 Å². The minimum atomic E-state index is -0.131. The Labute approximate surface area is 160 Å². The smallest absolute Gasteiger partial charge is 0.271 e. The number of likely N-dealkylation sites (tertiary alicyclic amines) is 1. The topological polar surface area (TPSA) is 79.7 Å². The highest BCUT2D eigenvalue weighted by atomic mass is 16.5. The summed E-state index contributed by atoms with van der Waals surface area (Å²) in [7, 11) is 1.85. The lowest BCUT2D eigenvalue weighted by Gasteiger charge is -2.43. The Morgan fingerprint density at radius 2 is 1.89 bits per heavy atom. The first kappa shape index (κ1) is 19.8. The number of amides is 2. The van der Waals surface area contributed by atoms with Gasteiger partial charge in [-0.3, -0.25) is 14.5 Å². The molecule has 8 heteroatoms. The van der Waals surface area contributed by atoms with Gasteiger partial charge in [-0.2, -0.15) is 0 Å². The third kappa shape index (κ3) is 5.29. The monoisotopic (exact) mass is 377 g/mol. The van der Waals surface area contributed by atoms with Crippen molar-refractivity contribution in [2.75, 3.05) is 39.4 Å². The van der Waals surface area contributed by atoms with Crippen LogP contribution in [0.25, 0.3) is 0 Å². The van der Waals surface area contributed by atoms with Gasteiger partial charge in [0, 0.05) is 71.6 Å². The Bertz CT molecular complexity index is 633. The molecule has 2 saturated heterocycles. The van der Waals surface area contributed by atoms with E-state index in [1.165, 1.54) is 0 Å². The molecule has 2 aliphatic heterocycles. The van der Waals surface area contributed by atoms with E-state index in [1.54, 1.807) is 24.0 Å². The Morgan fingerprint density at radius 3 is 2.48 bits per heavy atom. The number of ether oxygens (including phenoxy) is 1. The second-order valence-corrected chi connectivity index (χ2v) is 7.50. The lowest BCUT2D eigenvalue weighted by molar-refractivity contribution is -0.130. The summed E-state index contributed by atoms with van der Waals surface area (Å²) in [4.78, 5) is 32.4. The second-order valence-electron chi connectivity index (χ2n) is 7.50. The van der Waals surface area contributed by atoms with Gasteiger partial charge in [-0.05, 0) is 25.7 Å². The zero-order chi connectivity index (χ0) is 19.2. The van der Waals surface area contributed by atoms with E-state index >= 15 is 0 Å². The van der Waals surface area contributed by atoms with Gasteiger partial charge in [0.1, 0.15) is 5.69 Å². The third-order valence-electron chi connectivity index (χ3n) is 5.63. The number of hydrogen-bond acceptors (Lipinski definition) is 5. The van der Waals surface area contributed by atoms with E-state index in [1.807, 2.05) is 11.9 Å². The maximum atomic E-state index is 12.2. The molecule has 0 aromatic carbocycles. The van der Waals surface area contributed by atoms with E-state index in [0.717, 1.165) is 58.5 Å². The molecule has 8 nitrogen and oxygen atoms in total. The standard InChI is InChI=1S/C19H31N5O3/c1-15(25)23-8-3-16(4-9-23)24(17-5-11-27-12-6-17)10-7-20-19(26)18-13-22(2)14-21-18/h13-14,16-17H,3-12H2,1-2H3,(H,20,26). The van der Waals surface area contributed by atoms with Crippen molar-refractivity contribution in [3.05, 3.63) is 18.2 Å². The zero-order valence-corrected chi connectivity index (χ0v) is 16.4. The van der Waals surface area contributed by atoms with Gasteiger partial charge in [0.2, 0.25) is 5.91 Å². The minimum Gasteiger partial charge on any atom is -0.381 e. The van der Waals surface area contributed by atoms with Crippen LogP contribution in [0.2, 0.25) is 0 Å². The summed E-state index contributed by atoms with van der Waals surface area (Å²) in [6, 6.07) is 0.940. The SMILES string of the molecule is CC(=O)N1CCC(N(CCNC(=O)c2cn(C)cn2)C2CCOCC2)CC1. The fourth-order valence-corrected chi connectivity index (χ4v) is 4.11. The van der Waals surface area contributed by atoms with E-state index in [2.05, 4.69) is 15.2 Å². The molecule has 0 bridgehead atoms. The first-order chi connectivity index (χ1) is 13.0. The lowest BCUT2D eigenvalue weighted by atomic mass is 9.98. The molecule has 2 aliphatic rings. The summed E-state index contributed by atoms with van der Waals surface area (Å²) in [6.07, 6.45) is 7.40. The Kier molecular flexibility index (Phi) is 6.84. The molecule has 0 aliphatic carbocycles. The average molecular weight is 377 g/mol. The van der Waals surface area contributed by atoms with Crippen LogP contribution in [0, 0.1) is 0 Å². The maximum absolute atomic E-state index is 12.2. The molecule has 2 fully saturated rings. The summed E-state index contributed by atoms with van der Waals surface area (Å²) < 4.78 is 7.30. The fraction of sp³-hybridized carbons (Fsp3) is 0.737. The van der Waals surface area contributed by atoms with Crippen LogP contribution < -0.4 is 5.32 Å². The summed E-state index contributed by atoms with van der Waals surface area (Å²) in [5, 5.41) is 3.00. The van der Waals surface area contributed by atoms with E-state index < -0.39 is 0 Å². The number of piperidine rings is 1. The van der Waals surface area contributed by atoms with Crippen molar-refractivity contribution in [2.45, 2.75) is 44.7 Å². The molecule has 0 unspecified atom stereocenters. The minimum absolute atomic E-state index is 0.131. The number of aromatic nitrogens is 2. The van der Waals surface area contributed by atoms with Gasteiger partial charge in [-0.15, -0.1) is 0 Å². The quantitative estimate of drug-likeness (QED) is 0.787. The number of hydrogen-bond donors (Lipinski definition) is 1. The molecule has 2 amide bonds. The van der Waals surface area contributed by atoms with E-state index in [0.29, 0.717) is 24.3 Å². The number of imidazole rings is 1. The molecule has 0 radical (unpaired) electrons. The van der Waals surface area contributed by atoms with Gasteiger partial charge in [0.05, 0.1) is 6.33 Å². The molecule has 3 rings (SSSR count). The van der Waals surface area contributed by atoms with Crippen molar-refractivity contribution in [1.82, 2.24) is 24.7 Å². The first-order valence-electron chi connectivity index (χ1n) is 9.89. The largest absolute Gasteiger partial charge is 0.381 e. The van der Waals surface area contributed by atoms with Crippen molar-refractivity contribution in [3.63, 3.8) is 0 Å². The van der Waals surface area contributed by atoms with Crippen LogP contribution in [0.3, 0.4) is 0 Å². The maximum Gasteiger partial charge on any atom is 0.271 e. The Balaban J connectivity index is 1.55. The highest BCUT2D eigenvalue weighted by molar-refractivity contribution is 5.91. The molecule has 3 heterocycles. The van der Waals surface area contributed by atoms with Crippen LogP contribution in [-0.2, 0) is 16.6 Å². The van der Waals surface area contributed by atoms with Crippen LogP contribution in [-0.4, -0.2) is 82.6 Å². The molecular weight excluding hydrogens is 346 g/mol. The van der Waals surface area contributed by atoms with E-state index in [-0.39, 0.29) is 11.8 Å². The highest BCUT2D eigenvalue weighted by Crippen LogP contribution is 2.23. The number of aryl methyl sites for hydroxylation is 1. The van der Waals surface area contributed by atoms with Gasteiger partial charge in [-0.25, -0.2) is 4.98 Å². The van der Waals surface area contributed by atoms with Crippen LogP contribution in [0.5, 0.6) is 0 Å². The number of rotatable bonds is 6. The summed E-state index contributed by atoms with van der Waals surface area (Å²) in [5.41, 5.74) is 0.449. The van der Waals surface area contributed by atoms with Crippen LogP contribution in [0.1, 0.15) is 43.1 Å². The molecule has 1 aromatic rings. The Hall–Kier alpha value is -1.93. The van der Waals surface area contributed by atoms with Crippen molar-refractivity contribution < 1.29 is 14.3 Å². The predicted molar refractivity (Wildman–Crippen MR) is 101 cm³/mol. The van der Waals surface area contributed by atoms with E-state index in [9.17, 15) is 9.59 Å². The normalized spacial score (nSPS) is 19.4. The number of nitrogens with zero attached hydrogens (tertiary/aromatic N) is 4. The molecule has 0 saturated carbocycles. The molecule has 0 spiro atoms. The molecule has 1 N–H and O–H groups in total. The average Bonchev–Trinajstić information content (AvgIpc) is 3.12. The van der Waals surface area contributed by atoms with Gasteiger partial charge >= 0.3 is 0 Å². The second kappa shape index (κ2) is 9.32. The summed E-state index contributed by atoms with van der Waals surface area (Å²) in [5.74, 6) is 0.0302. The first-order valence-corrected chi connectivity index (χ1v) is 9.89. The number of nitrogens with one attached hydrogen (secondary N) is 1. The van der Waals surface area contributed by atoms with Crippen molar-refractivity contribution in [3.8, 4) is 0 Å². The lowest BCUT2D eigenvalue weighted by Crippen LogP contribution is -2.53. The highest BCUT2D eigenvalue weighted by Gasteiger charge is 2.31. The van der Waals surface area contributed by atoms with Crippen molar-refractivity contribution in [1.29, 1.82) is 0 Å². The molecule has 0 atom stereocenters. The summed E-state index contributed by atoms with van der Waals surface area (Å²) >= 11 is 0. The van der Waals surface area contributed by atoms with Crippen LogP contribution >= 0.6 is 0 Å². The van der Waals surface area contributed by atoms with Gasteiger partial charge in [0.25, 0.3) is 5.91 Å². The number of carbonyl (C=O) groups excluding carboxylic acids is 2. The van der Waals surface area contributed by atoms with Gasteiger partial charge in [0.15, 0.2) is 0 Å². The third-order valence-corrected chi connectivity index (χ3v) is 5.63. The fourth-order valence-electron chi connectivity index (χ4n) is 4.11. The van der Waals surface area contributed by atoms with Crippen molar-refractivity contribution in [2.24, 2.45) is 7.05 Å². The molecule has 27 heavy (non-hydrogen) atoms. The van der Waals surface area contributed by atoms with Gasteiger partial charge < -0.3 is 19.5 Å². The van der Waals surface area contributed by atoms with E-state index in [4.69, 9.17) is 4.74 Å². The van der Waals surface area contributed by atoms with Gasteiger partial charge in [-0.1, -0.05) is 0 Å². The summed E-state index contributed by atoms with van der Waals surface area (Å²) in [6.45, 7) is 6.29. The Morgan fingerprint density at radius 1 is 1.22 bits per heavy atom. The molecule has 1 aromatic heterocycles. The predicted octanol–water partition coefficient (Wildman–Crippen LogP) is 0.642. The van der Waals surface area contributed by atoms with Crippen LogP contribution in [0.4, 0.5) is 0 Å². The number of carbonyl (C=O) groups is 2. The van der Waals surface area contributed by atoms with Crippen molar-refractivity contribution >= 4 is 11.8 Å².